The third kappa shape index (κ3) is 2.94. The molecular weight excluding hydrogens is 294 g/mol. The number of piperidine rings is 1. The number of aromatic nitrogens is 2. The van der Waals surface area contributed by atoms with E-state index in [4.69, 9.17) is 0 Å². The third-order valence-corrected chi connectivity index (χ3v) is 4.23. The molecule has 3 rings (SSSR count). The molecule has 0 aliphatic carbocycles. The van der Waals surface area contributed by atoms with E-state index < -0.39 is 11.6 Å². The minimum Gasteiger partial charge on any atom is -0.354 e. The van der Waals surface area contributed by atoms with Crippen molar-refractivity contribution in [2.45, 2.75) is 18.9 Å². The van der Waals surface area contributed by atoms with E-state index in [2.05, 4.69) is 19.6 Å². The van der Waals surface area contributed by atoms with Crippen LogP contribution in [0.2, 0.25) is 0 Å². The molecule has 1 fully saturated rings. The second-order valence-electron chi connectivity index (χ2n) is 5.09. The van der Waals surface area contributed by atoms with Gasteiger partial charge in [-0.2, -0.15) is 0 Å². The largest absolute Gasteiger partial charge is 0.354 e. The number of benzene rings is 1. The van der Waals surface area contributed by atoms with Crippen molar-refractivity contribution in [1.29, 1.82) is 0 Å². The van der Waals surface area contributed by atoms with Crippen LogP contribution in [0.1, 0.15) is 12.8 Å². The Bertz CT molecular complexity index is 650. The van der Waals surface area contributed by atoms with Crippen LogP contribution in [-0.2, 0) is 0 Å². The topological polar surface area (TPSA) is 41.0 Å². The first kappa shape index (κ1) is 14.5. The third-order valence-electron chi connectivity index (χ3n) is 3.66. The summed E-state index contributed by atoms with van der Waals surface area (Å²) < 4.78 is 30.2. The zero-order valence-electron chi connectivity index (χ0n) is 11.6. The number of hydrogen-bond donors (Lipinski definition) is 1. The standard InChI is InChI=1S/C14H16F2N4S/c1-21-19-9-3-2-4-20(7-9)14-10-5-11(15)12(16)6-13(10)17-8-18-14/h5-6,8-9,19H,2-4,7H2,1H3. The average Bonchev–Trinajstić information content (AvgIpc) is 2.48. The highest BCUT2D eigenvalue weighted by atomic mass is 32.2. The minimum absolute atomic E-state index is 0.365. The van der Waals surface area contributed by atoms with Crippen LogP contribution in [0, 0.1) is 11.6 Å². The van der Waals surface area contributed by atoms with Crippen LogP contribution >= 0.6 is 11.9 Å². The molecule has 1 aromatic heterocycles. The van der Waals surface area contributed by atoms with Gasteiger partial charge in [0.25, 0.3) is 0 Å². The smallest absolute Gasteiger partial charge is 0.161 e. The number of halogens is 2. The summed E-state index contributed by atoms with van der Waals surface area (Å²) >= 11 is 1.59. The Morgan fingerprint density at radius 1 is 1.29 bits per heavy atom. The molecule has 0 spiro atoms. The molecular formula is C14H16F2N4S. The first-order valence-corrected chi connectivity index (χ1v) is 8.04. The molecule has 7 heteroatoms. The zero-order valence-corrected chi connectivity index (χ0v) is 12.5. The SMILES string of the molecule is CSNC1CCCN(c2ncnc3cc(F)c(F)cc23)C1. The van der Waals surface area contributed by atoms with Gasteiger partial charge in [-0.15, -0.1) is 0 Å². The van der Waals surface area contributed by atoms with Gasteiger partial charge in [-0.25, -0.2) is 18.7 Å². The maximum atomic E-state index is 13.5. The summed E-state index contributed by atoms with van der Waals surface area (Å²) in [6.45, 7) is 1.66. The lowest BCUT2D eigenvalue weighted by Crippen LogP contribution is -2.44. The lowest BCUT2D eigenvalue weighted by atomic mass is 10.1. The van der Waals surface area contributed by atoms with Crippen LogP contribution in [0.15, 0.2) is 18.5 Å². The first-order valence-electron chi connectivity index (χ1n) is 6.82. The van der Waals surface area contributed by atoms with Crippen molar-refractivity contribution in [2.24, 2.45) is 0 Å². The molecule has 1 N–H and O–H groups in total. The van der Waals surface area contributed by atoms with E-state index in [1.165, 1.54) is 12.4 Å². The molecule has 0 saturated carbocycles. The van der Waals surface area contributed by atoms with Crippen LogP contribution in [0.4, 0.5) is 14.6 Å². The second kappa shape index (κ2) is 6.11. The van der Waals surface area contributed by atoms with Crippen molar-refractivity contribution in [3.8, 4) is 0 Å². The van der Waals surface area contributed by atoms with Gasteiger partial charge in [-0.05, 0) is 25.2 Å². The fourth-order valence-corrected chi connectivity index (χ4v) is 3.25. The monoisotopic (exact) mass is 310 g/mol. The lowest BCUT2D eigenvalue weighted by Gasteiger charge is -2.34. The van der Waals surface area contributed by atoms with Gasteiger partial charge in [0.1, 0.15) is 12.1 Å². The number of nitrogens with one attached hydrogen (secondary N) is 1. The van der Waals surface area contributed by atoms with E-state index in [9.17, 15) is 8.78 Å². The second-order valence-corrected chi connectivity index (χ2v) is 5.73. The Balaban J connectivity index is 1.98. The number of anilines is 1. The summed E-state index contributed by atoms with van der Waals surface area (Å²) in [7, 11) is 0. The number of fused-ring (bicyclic) bond motifs is 1. The highest BCUT2D eigenvalue weighted by molar-refractivity contribution is 7.96. The van der Waals surface area contributed by atoms with Crippen molar-refractivity contribution in [1.82, 2.24) is 14.7 Å². The predicted octanol–water partition coefficient (Wildman–Crippen LogP) is 2.74. The van der Waals surface area contributed by atoms with Gasteiger partial charge < -0.3 is 4.90 Å². The van der Waals surface area contributed by atoms with Gasteiger partial charge in [0.2, 0.25) is 0 Å². The molecule has 1 aliphatic heterocycles. The van der Waals surface area contributed by atoms with Crippen LogP contribution in [0.5, 0.6) is 0 Å². The molecule has 21 heavy (non-hydrogen) atoms. The summed E-state index contributed by atoms with van der Waals surface area (Å²) in [5.74, 6) is -1.08. The molecule has 1 saturated heterocycles. The maximum Gasteiger partial charge on any atom is 0.161 e. The van der Waals surface area contributed by atoms with Crippen molar-refractivity contribution in [3.05, 3.63) is 30.1 Å². The quantitative estimate of drug-likeness (QED) is 0.883. The van der Waals surface area contributed by atoms with Crippen LogP contribution < -0.4 is 9.62 Å². The van der Waals surface area contributed by atoms with Crippen molar-refractivity contribution in [3.63, 3.8) is 0 Å². The Labute approximate surface area is 126 Å². The lowest BCUT2D eigenvalue weighted by molar-refractivity contribution is 0.483. The molecule has 4 nitrogen and oxygen atoms in total. The van der Waals surface area contributed by atoms with Crippen molar-refractivity contribution in [2.75, 3.05) is 24.2 Å². The Kier molecular flexibility index (Phi) is 4.21. The van der Waals surface area contributed by atoms with Gasteiger partial charge in [0, 0.05) is 30.6 Å². The fourth-order valence-electron chi connectivity index (χ4n) is 2.72. The number of hydrogen-bond acceptors (Lipinski definition) is 5. The molecule has 112 valence electrons. The molecule has 0 amide bonds. The van der Waals surface area contributed by atoms with Crippen LogP contribution in [-0.4, -0.2) is 35.4 Å². The van der Waals surface area contributed by atoms with Crippen molar-refractivity contribution < 1.29 is 8.78 Å². The normalized spacial score (nSPS) is 19.2. The van der Waals surface area contributed by atoms with E-state index >= 15 is 0 Å². The average molecular weight is 310 g/mol. The van der Waals surface area contributed by atoms with Gasteiger partial charge in [-0.3, -0.25) is 4.72 Å². The summed E-state index contributed by atoms with van der Waals surface area (Å²) in [4.78, 5) is 10.4. The highest BCUT2D eigenvalue weighted by Crippen LogP contribution is 2.27. The van der Waals surface area contributed by atoms with Gasteiger partial charge >= 0.3 is 0 Å². The fraction of sp³-hybridized carbons (Fsp3) is 0.429. The number of nitrogens with zero attached hydrogens (tertiary/aromatic N) is 3. The van der Waals surface area contributed by atoms with Crippen LogP contribution in [0.25, 0.3) is 10.9 Å². The minimum atomic E-state index is -0.882. The summed E-state index contributed by atoms with van der Waals surface area (Å²) in [6, 6.07) is 2.67. The van der Waals surface area contributed by atoms with Crippen molar-refractivity contribution >= 4 is 28.7 Å². The molecule has 2 aromatic rings. The zero-order chi connectivity index (χ0) is 14.8. The maximum absolute atomic E-state index is 13.5. The first-order chi connectivity index (χ1) is 10.2. The number of rotatable bonds is 3. The Morgan fingerprint density at radius 2 is 2.10 bits per heavy atom. The Hall–Kier alpha value is -1.47. The Morgan fingerprint density at radius 3 is 2.90 bits per heavy atom. The molecule has 0 radical (unpaired) electrons. The summed E-state index contributed by atoms with van der Waals surface area (Å²) in [6.07, 6.45) is 5.54. The van der Waals surface area contributed by atoms with E-state index in [0.717, 1.165) is 32.0 Å². The predicted molar refractivity (Wildman–Crippen MR) is 81.3 cm³/mol. The summed E-state index contributed by atoms with van der Waals surface area (Å²) in [5, 5.41) is 0.557. The van der Waals surface area contributed by atoms with Gasteiger partial charge in [0.05, 0.1) is 5.52 Å². The molecule has 2 heterocycles. The van der Waals surface area contributed by atoms with E-state index in [0.29, 0.717) is 22.8 Å². The molecule has 1 aromatic carbocycles. The summed E-state index contributed by atoms with van der Waals surface area (Å²) in [5.41, 5.74) is 0.429. The molecule has 1 unspecified atom stereocenters. The van der Waals surface area contributed by atoms with E-state index in [1.54, 1.807) is 11.9 Å². The van der Waals surface area contributed by atoms with Gasteiger partial charge in [-0.1, -0.05) is 11.9 Å². The van der Waals surface area contributed by atoms with E-state index in [1.807, 2.05) is 6.26 Å². The van der Waals surface area contributed by atoms with Gasteiger partial charge in [0.15, 0.2) is 11.6 Å². The van der Waals surface area contributed by atoms with Crippen LogP contribution in [0.3, 0.4) is 0 Å². The highest BCUT2D eigenvalue weighted by Gasteiger charge is 2.22. The van der Waals surface area contributed by atoms with E-state index in [-0.39, 0.29) is 0 Å². The molecule has 1 aliphatic rings. The molecule has 1 atom stereocenters. The molecule has 0 bridgehead atoms.